The fourth-order valence-electron chi connectivity index (χ4n) is 4.16. The summed E-state index contributed by atoms with van der Waals surface area (Å²) in [6.07, 6.45) is 1.66. The largest absolute Gasteiger partial charge is 0.378 e. The maximum atomic E-state index is 12.9. The van der Waals surface area contributed by atoms with Gasteiger partial charge in [-0.15, -0.1) is 10.2 Å². The van der Waals surface area contributed by atoms with Crippen molar-refractivity contribution in [1.82, 2.24) is 20.2 Å². The van der Waals surface area contributed by atoms with Crippen molar-refractivity contribution in [2.24, 2.45) is 5.10 Å². The fraction of sp³-hybridized carbons (Fsp3) is 0.267. The van der Waals surface area contributed by atoms with Crippen LogP contribution in [0.2, 0.25) is 0 Å². The molecule has 1 atom stereocenters. The maximum absolute atomic E-state index is 12.9. The van der Waals surface area contributed by atoms with Gasteiger partial charge in [-0.1, -0.05) is 42.1 Å². The number of carbonyl (C=O) groups excluding carboxylic acids is 1. The summed E-state index contributed by atoms with van der Waals surface area (Å²) in [5.41, 5.74) is 7.90. The Bertz CT molecular complexity index is 1440. The highest BCUT2D eigenvalue weighted by atomic mass is 127. The van der Waals surface area contributed by atoms with E-state index in [2.05, 4.69) is 105 Å². The van der Waals surface area contributed by atoms with Crippen LogP contribution < -0.4 is 15.6 Å². The van der Waals surface area contributed by atoms with E-state index >= 15 is 0 Å². The highest BCUT2D eigenvalue weighted by molar-refractivity contribution is 14.1. The van der Waals surface area contributed by atoms with Crippen LogP contribution in [0.1, 0.15) is 37.7 Å². The second kappa shape index (κ2) is 14.3. The van der Waals surface area contributed by atoms with Gasteiger partial charge in [0.2, 0.25) is 0 Å². The number of carbonyl (C=O) groups is 1. The summed E-state index contributed by atoms with van der Waals surface area (Å²) < 4.78 is 3.18. The number of aryl methyl sites for hydroxylation is 1. The summed E-state index contributed by atoms with van der Waals surface area (Å²) in [6.45, 7) is 10.6. The van der Waals surface area contributed by atoms with Crippen molar-refractivity contribution in [1.29, 1.82) is 0 Å². The third-order valence-corrected chi connectivity index (χ3v) is 8.12. The van der Waals surface area contributed by atoms with E-state index in [1.807, 2.05) is 54.0 Å². The zero-order valence-corrected chi connectivity index (χ0v) is 26.1. The molecule has 0 bridgehead atoms. The minimum absolute atomic E-state index is 0.210. The summed E-state index contributed by atoms with van der Waals surface area (Å²) >= 11 is 3.66. The van der Waals surface area contributed by atoms with Gasteiger partial charge in [-0.2, -0.15) is 5.10 Å². The van der Waals surface area contributed by atoms with E-state index in [1.54, 1.807) is 6.21 Å². The number of aromatic nitrogens is 3. The number of amides is 1. The first-order valence-corrected chi connectivity index (χ1v) is 15.2. The monoisotopic (exact) mass is 667 g/mol. The van der Waals surface area contributed by atoms with E-state index < -0.39 is 5.25 Å². The zero-order valence-electron chi connectivity index (χ0n) is 23.1. The molecule has 208 valence electrons. The molecule has 10 heteroatoms. The van der Waals surface area contributed by atoms with E-state index in [4.69, 9.17) is 0 Å². The number of hydrazone groups is 1. The van der Waals surface area contributed by atoms with Gasteiger partial charge in [0.1, 0.15) is 0 Å². The molecule has 0 aliphatic carbocycles. The first-order chi connectivity index (χ1) is 19.4. The van der Waals surface area contributed by atoms with E-state index in [0.29, 0.717) is 11.7 Å². The molecule has 1 heterocycles. The third-order valence-electron chi connectivity index (χ3n) is 6.40. The molecule has 0 spiro atoms. The van der Waals surface area contributed by atoms with Crippen LogP contribution in [0.15, 0.2) is 83.1 Å². The van der Waals surface area contributed by atoms with Crippen molar-refractivity contribution in [3.63, 3.8) is 0 Å². The highest BCUT2D eigenvalue weighted by Gasteiger charge is 2.21. The number of rotatable bonds is 12. The molecule has 40 heavy (non-hydrogen) atoms. The Balaban J connectivity index is 1.43. The molecule has 1 aromatic heterocycles. The normalized spacial score (nSPS) is 11.9. The first kappa shape index (κ1) is 29.6. The van der Waals surface area contributed by atoms with E-state index in [1.165, 1.54) is 21.0 Å². The summed E-state index contributed by atoms with van der Waals surface area (Å²) in [6, 6.07) is 24.3. The lowest BCUT2D eigenvalue weighted by Gasteiger charge is -2.20. The number of benzene rings is 3. The van der Waals surface area contributed by atoms with Crippen molar-refractivity contribution in [3.8, 4) is 5.69 Å². The fourth-order valence-corrected chi connectivity index (χ4v) is 5.69. The van der Waals surface area contributed by atoms with Crippen LogP contribution in [0, 0.1) is 10.5 Å². The summed E-state index contributed by atoms with van der Waals surface area (Å²) in [5.74, 6) is 0.545. The molecule has 0 fully saturated rings. The van der Waals surface area contributed by atoms with Crippen LogP contribution in [0.3, 0.4) is 0 Å². The van der Waals surface area contributed by atoms with Gasteiger partial charge in [0.05, 0.1) is 18.0 Å². The maximum Gasteiger partial charge on any atom is 0.253 e. The molecule has 0 aliphatic heterocycles. The van der Waals surface area contributed by atoms with Crippen LogP contribution in [0.5, 0.6) is 0 Å². The molecule has 2 N–H and O–H groups in total. The Kier molecular flexibility index (Phi) is 10.6. The highest BCUT2D eigenvalue weighted by Crippen LogP contribution is 2.27. The van der Waals surface area contributed by atoms with Crippen LogP contribution in [0.4, 0.5) is 11.4 Å². The molecule has 1 amide bonds. The molecular weight excluding hydrogens is 633 g/mol. The van der Waals surface area contributed by atoms with Crippen molar-refractivity contribution in [2.45, 2.75) is 44.6 Å². The van der Waals surface area contributed by atoms with E-state index in [9.17, 15) is 4.79 Å². The van der Waals surface area contributed by atoms with Crippen molar-refractivity contribution < 1.29 is 4.79 Å². The number of anilines is 2. The minimum atomic E-state index is -0.437. The third kappa shape index (κ3) is 7.63. The first-order valence-electron chi connectivity index (χ1n) is 13.2. The predicted octanol–water partition coefficient (Wildman–Crippen LogP) is 6.27. The minimum Gasteiger partial charge on any atom is -0.378 e. The molecule has 4 aromatic rings. The van der Waals surface area contributed by atoms with Crippen molar-refractivity contribution in [2.75, 3.05) is 23.3 Å². The van der Waals surface area contributed by atoms with Crippen LogP contribution in [0.25, 0.3) is 5.69 Å². The van der Waals surface area contributed by atoms with Gasteiger partial charge in [0.25, 0.3) is 5.91 Å². The van der Waals surface area contributed by atoms with Crippen molar-refractivity contribution in [3.05, 3.63) is 93.3 Å². The van der Waals surface area contributed by atoms with Crippen LogP contribution in [-0.2, 0) is 11.3 Å². The van der Waals surface area contributed by atoms with Gasteiger partial charge in [-0.25, -0.2) is 5.43 Å². The molecule has 0 aliphatic rings. The van der Waals surface area contributed by atoms with Gasteiger partial charge in [0.15, 0.2) is 11.0 Å². The second-order valence-corrected chi connectivity index (χ2v) is 11.7. The molecule has 4 rings (SSSR count). The number of hydrogen-bond acceptors (Lipinski definition) is 7. The number of nitrogens with zero attached hydrogens (tertiary/aromatic N) is 5. The van der Waals surface area contributed by atoms with Gasteiger partial charge in [0, 0.05) is 33.7 Å². The molecule has 0 saturated heterocycles. The number of thioether (sulfide) groups is 1. The molecule has 0 saturated carbocycles. The van der Waals surface area contributed by atoms with E-state index in [0.717, 1.165) is 41.4 Å². The lowest BCUT2D eigenvalue weighted by atomic mass is 10.2. The molecular formula is C30H34IN7OS. The second-order valence-electron chi connectivity index (χ2n) is 9.14. The van der Waals surface area contributed by atoms with Crippen LogP contribution >= 0.6 is 34.4 Å². The van der Waals surface area contributed by atoms with Gasteiger partial charge >= 0.3 is 0 Å². The summed E-state index contributed by atoms with van der Waals surface area (Å²) in [4.78, 5) is 15.1. The number of hydrogen-bond donors (Lipinski definition) is 2. The quantitative estimate of drug-likeness (QED) is 0.0802. The van der Waals surface area contributed by atoms with Crippen LogP contribution in [-0.4, -0.2) is 45.2 Å². The Morgan fingerprint density at radius 2 is 1.80 bits per heavy atom. The van der Waals surface area contributed by atoms with Gasteiger partial charge in [-0.3, -0.25) is 9.36 Å². The summed E-state index contributed by atoms with van der Waals surface area (Å²) in [7, 11) is 0. The Hall–Kier alpha value is -3.38. The Morgan fingerprint density at radius 1 is 1.07 bits per heavy atom. The Labute approximate surface area is 253 Å². The number of nitrogens with one attached hydrogen (secondary N) is 2. The Morgan fingerprint density at radius 3 is 2.48 bits per heavy atom. The predicted molar refractivity (Wildman–Crippen MR) is 174 cm³/mol. The summed E-state index contributed by atoms with van der Waals surface area (Å²) in [5, 5.41) is 16.8. The number of para-hydroxylation sites is 1. The van der Waals surface area contributed by atoms with Crippen molar-refractivity contribution >= 4 is 57.8 Å². The van der Waals surface area contributed by atoms with E-state index in [-0.39, 0.29) is 5.91 Å². The average molecular weight is 668 g/mol. The van der Waals surface area contributed by atoms with Gasteiger partial charge < -0.3 is 10.2 Å². The average Bonchev–Trinajstić information content (AvgIpc) is 3.36. The van der Waals surface area contributed by atoms with Gasteiger partial charge in [-0.05, 0) is 104 Å². The standard InChI is InChI=1S/C30H34IN7OS/c1-5-37(6-2)25-15-12-23(13-16-25)19-33-35-29(39)22(4)40-30-36-34-28(38(30)26-10-8-7-9-11-26)20-32-27-17-14-24(31)18-21(27)3/h7-19,22,32H,5-6,20H2,1-4H3,(H,35,39). The molecule has 1 unspecified atom stereocenters. The number of halogens is 1. The molecule has 8 nitrogen and oxygen atoms in total. The lowest BCUT2D eigenvalue weighted by molar-refractivity contribution is -0.120. The molecule has 3 aromatic carbocycles. The SMILES string of the molecule is CCN(CC)c1ccc(C=NNC(=O)C(C)Sc2nnc(CNc3ccc(I)cc3C)n2-c2ccccc2)cc1. The lowest BCUT2D eigenvalue weighted by Crippen LogP contribution is -2.27. The zero-order chi connectivity index (χ0) is 28.5. The smallest absolute Gasteiger partial charge is 0.253 e. The topological polar surface area (TPSA) is 87.4 Å². The molecule has 0 radical (unpaired) electrons.